The summed E-state index contributed by atoms with van der Waals surface area (Å²) in [5, 5.41) is 2.81. The molecule has 26 heavy (non-hydrogen) atoms. The minimum Gasteiger partial charge on any atom is -0.325 e. The van der Waals surface area contributed by atoms with Gasteiger partial charge in [0.15, 0.2) is 0 Å². The first-order valence-corrected chi connectivity index (χ1v) is 9.99. The third-order valence-corrected chi connectivity index (χ3v) is 6.16. The molecule has 2 aromatic rings. The molecule has 1 aliphatic rings. The topological polar surface area (TPSA) is 82.6 Å². The van der Waals surface area contributed by atoms with Crippen molar-refractivity contribution in [3.05, 3.63) is 60.4 Å². The molecule has 1 atom stereocenters. The molecular weight excluding hydrogens is 352 g/mol. The lowest BCUT2D eigenvalue weighted by Crippen LogP contribution is -2.58. The van der Waals surface area contributed by atoms with Crippen LogP contribution in [0.15, 0.2) is 54.9 Å². The second kappa shape index (κ2) is 7.94. The summed E-state index contributed by atoms with van der Waals surface area (Å²) in [7, 11) is -1.76. The molecule has 0 spiro atoms. The van der Waals surface area contributed by atoms with E-state index in [4.69, 9.17) is 0 Å². The molecule has 1 unspecified atom stereocenters. The lowest BCUT2D eigenvalue weighted by molar-refractivity contribution is -0.121. The van der Waals surface area contributed by atoms with E-state index in [1.165, 1.54) is 10.5 Å². The lowest BCUT2D eigenvalue weighted by Gasteiger charge is -2.38. The Morgan fingerprint density at radius 3 is 2.69 bits per heavy atom. The maximum absolute atomic E-state index is 12.9. The summed E-state index contributed by atoms with van der Waals surface area (Å²) in [4.78, 5) is 18.7. The average Bonchev–Trinajstić information content (AvgIpc) is 2.62. The average molecular weight is 376 g/mol. The highest BCUT2D eigenvalue weighted by molar-refractivity contribution is 7.88. The van der Waals surface area contributed by atoms with Crippen LogP contribution < -0.4 is 5.32 Å². The third kappa shape index (κ3) is 4.46. The third-order valence-electron chi connectivity index (χ3n) is 4.31. The number of hydrogen-bond donors (Lipinski definition) is 1. The Hall–Kier alpha value is -2.29. The van der Waals surface area contributed by atoms with E-state index in [1.807, 2.05) is 30.1 Å². The number of pyridine rings is 1. The number of carbonyl (C=O) groups is 1. The molecule has 0 aliphatic carbocycles. The summed E-state index contributed by atoms with van der Waals surface area (Å²) >= 11 is 0. The van der Waals surface area contributed by atoms with Gasteiger partial charge in [-0.05, 0) is 30.8 Å². The van der Waals surface area contributed by atoms with Gasteiger partial charge in [0.2, 0.25) is 15.9 Å². The van der Waals surface area contributed by atoms with Crippen LogP contribution in [0.25, 0.3) is 0 Å². The van der Waals surface area contributed by atoms with Crippen molar-refractivity contribution >= 4 is 21.6 Å². The van der Waals surface area contributed by atoms with Crippen LogP contribution in [-0.4, -0.2) is 61.2 Å². The summed E-state index contributed by atoms with van der Waals surface area (Å²) in [5.41, 5.74) is 1.25. The van der Waals surface area contributed by atoms with Crippen molar-refractivity contribution in [3.63, 3.8) is 0 Å². The molecule has 7 nitrogen and oxygen atoms in total. The molecule has 2 heterocycles. The van der Waals surface area contributed by atoms with Gasteiger partial charge in [-0.3, -0.25) is 9.78 Å². The number of para-hydroxylation sites is 1. The maximum Gasteiger partial charge on any atom is 0.244 e. The van der Waals surface area contributed by atoms with Crippen LogP contribution in [0.5, 0.6) is 0 Å². The van der Waals surface area contributed by atoms with Crippen LogP contribution in [0.2, 0.25) is 0 Å². The number of anilines is 1. The summed E-state index contributed by atoms with van der Waals surface area (Å²) in [6.45, 7) is 1.22. The first kappa shape index (κ1) is 18.5. The molecule has 1 aromatic heterocycles. The van der Waals surface area contributed by atoms with Crippen LogP contribution in [0.3, 0.4) is 0 Å². The zero-order valence-corrected chi connectivity index (χ0v) is 15.4. The Bertz CT molecular complexity index is 849. The van der Waals surface area contributed by atoms with Gasteiger partial charge in [-0.1, -0.05) is 24.3 Å². The number of amides is 1. The number of aromatic nitrogens is 1. The van der Waals surface area contributed by atoms with Crippen molar-refractivity contribution in [3.8, 4) is 0 Å². The molecule has 1 aromatic carbocycles. The van der Waals surface area contributed by atoms with Crippen LogP contribution in [-0.2, 0) is 20.6 Å². The number of likely N-dealkylation sites (N-methyl/N-ethyl adjacent to an activating group) is 1. The maximum atomic E-state index is 12.9. The smallest absolute Gasteiger partial charge is 0.244 e. The molecule has 8 heteroatoms. The Morgan fingerprint density at radius 2 is 2.00 bits per heavy atom. The fourth-order valence-corrected chi connectivity index (χ4v) is 4.64. The molecule has 0 saturated carbocycles. The number of nitrogens with one attached hydrogen (secondary N) is 1. The van der Waals surface area contributed by atoms with Crippen molar-refractivity contribution in [1.29, 1.82) is 0 Å². The van der Waals surface area contributed by atoms with Gasteiger partial charge in [-0.15, -0.1) is 0 Å². The monoisotopic (exact) mass is 376 g/mol. The van der Waals surface area contributed by atoms with Crippen molar-refractivity contribution < 1.29 is 14.6 Å². The van der Waals surface area contributed by atoms with Gasteiger partial charge in [0.1, 0.15) is 6.04 Å². The van der Waals surface area contributed by atoms with E-state index in [1.54, 1.807) is 30.5 Å². The molecule has 0 radical (unpaired) electrons. The summed E-state index contributed by atoms with van der Waals surface area (Å²) in [6, 6.07) is 11.7. The largest absolute Gasteiger partial charge is 0.325 e. The number of carbonyl (C=O) groups excluding carboxylic acids is 1. The Balaban J connectivity index is 0.00000261. The van der Waals surface area contributed by atoms with Crippen LogP contribution in [0.1, 0.15) is 6.99 Å². The number of rotatable bonds is 5. The Morgan fingerprint density at radius 1 is 1.23 bits per heavy atom. The SMILES string of the molecule is CN1CCN(S(=O)(=O)Cc2cccnc2)C(C(=O)Nc2ccccc2)C1.[HH]. The van der Waals surface area contributed by atoms with E-state index < -0.39 is 16.1 Å². The van der Waals surface area contributed by atoms with E-state index in [2.05, 4.69) is 10.3 Å². The van der Waals surface area contributed by atoms with Gasteiger partial charge >= 0.3 is 0 Å². The Kier molecular flexibility index (Phi) is 5.65. The molecule has 1 fully saturated rings. The zero-order chi connectivity index (χ0) is 18.6. The number of sulfonamides is 1. The van der Waals surface area contributed by atoms with Gasteiger partial charge in [0.05, 0.1) is 5.75 Å². The molecule has 1 saturated heterocycles. The fraction of sp³-hybridized carbons (Fsp3) is 0.333. The highest BCUT2D eigenvalue weighted by Gasteiger charge is 2.38. The first-order chi connectivity index (χ1) is 12.5. The highest BCUT2D eigenvalue weighted by atomic mass is 32.2. The number of hydrogen-bond acceptors (Lipinski definition) is 5. The minimum absolute atomic E-state index is 0. The summed E-state index contributed by atoms with van der Waals surface area (Å²) in [6.07, 6.45) is 3.13. The highest BCUT2D eigenvalue weighted by Crippen LogP contribution is 2.19. The summed E-state index contributed by atoms with van der Waals surface area (Å²) < 4.78 is 27.2. The number of benzene rings is 1. The van der Waals surface area contributed by atoms with Crippen molar-refractivity contribution in [2.75, 3.05) is 32.0 Å². The van der Waals surface area contributed by atoms with Gasteiger partial charge in [-0.25, -0.2) is 8.42 Å². The van der Waals surface area contributed by atoms with Gasteiger partial charge in [-0.2, -0.15) is 4.31 Å². The predicted molar refractivity (Wildman–Crippen MR) is 102 cm³/mol. The van der Waals surface area contributed by atoms with Crippen molar-refractivity contribution in [1.82, 2.24) is 14.2 Å². The van der Waals surface area contributed by atoms with E-state index in [0.29, 0.717) is 24.3 Å². The molecule has 1 N–H and O–H groups in total. The second-order valence-electron chi connectivity index (χ2n) is 6.36. The standard InChI is InChI=1S/C18H22N4O3S.H2/c1-21-10-11-22(26(24,25)14-15-6-5-9-19-12-15)17(13-21)18(23)20-16-7-3-2-4-8-16;/h2-9,12,17H,10-11,13-14H2,1H3,(H,20,23);1H. The molecule has 140 valence electrons. The van der Waals surface area contributed by atoms with E-state index in [0.717, 1.165) is 0 Å². The quantitative estimate of drug-likeness (QED) is 0.853. The van der Waals surface area contributed by atoms with Crippen LogP contribution in [0, 0.1) is 0 Å². The Labute approximate surface area is 155 Å². The minimum atomic E-state index is -3.64. The molecular formula is C18H24N4O3S. The van der Waals surface area contributed by atoms with Crippen molar-refractivity contribution in [2.45, 2.75) is 11.8 Å². The predicted octanol–water partition coefficient (Wildman–Crippen LogP) is 1.41. The van der Waals surface area contributed by atoms with Crippen LogP contribution in [0.4, 0.5) is 5.69 Å². The molecule has 3 rings (SSSR count). The zero-order valence-electron chi connectivity index (χ0n) is 14.6. The van der Waals surface area contributed by atoms with Gasteiger partial charge < -0.3 is 10.2 Å². The fourth-order valence-electron chi connectivity index (χ4n) is 2.97. The molecule has 0 bridgehead atoms. The van der Waals surface area contributed by atoms with Crippen LogP contribution >= 0.6 is 0 Å². The number of nitrogens with zero attached hydrogens (tertiary/aromatic N) is 3. The van der Waals surface area contributed by atoms with Gasteiger partial charge in [0, 0.05) is 39.1 Å². The van der Waals surface area contributed by atoms with E-state index >= 15 is 0 Å². The normalized spacial score (nSPS) is 19.2. The first-order valence-electron chi connectivity index (χ1n) is 8.38. The van der Waals surface area contributed by atoms with Crippen molar-refractivity contribution in [2.24, 2.45) is 0 Å². The van der Waals surface area contributed by atoms with E-state index in [9.17, 15) is 13.2 Å². The summed E-state index contributed by atoms with van der Waals surface area (Å²) in [5.74, 6) is -0.489. The molecule has 1 aliphatic heterocycles. The van der Waals surface area contributed by atoms with E-state index in [-0.39, 0.29) is 19.6 Å². The van der Waals surface area contributed by atoms with Gasteiger partial charge in [0.25, 0.3) is 0 Å². The second-order valence-corrected chi connectivity index (χ2v) is 8.28. The lowest BCUT2D eigenvalue weighted by atomic mass is 10.2. The molecule has 1 amide bonds. The number of piperazine rings is 1.